The molecule has 1 saturated heterocycles. The molecule has 0 unspecified atom stereocenters. The van der Waals surface area contributed by atoms with Crippen LogP contribution in [0.4, 0.5) is 0 Å². The van der Waals surface area contributed by atoms with Crippen LogP contribution in [0.1, 0.15) is 43.0 Å². The Morgan fingerprint density at radius 3 is 2.57 bits per heavy atom. The highest BCUT2D eigenvalue weighted by atomic mass is 35.5. The van der Waals surface area contributed by atoms with E-state index >= 15 is 0 Å². The van der Waals surface area contributed by atoms with Crippen molar-refractivity contribution >= 4 is 27.5 Å². The van der Waals surface area contributed by atoms with Crippen molar-refractivity contribution in [3.05, 3.63) is 28.8 Å². The minimum Gasteiger partial charge on any atom is -0.349 e. The molecule has 3 rings (SSSR count). The third-order valence-electron chi connectivity index (χ3n) is 4.56. The summed E-state index contributed by atoms with van der Waals surface area (Å²) in [5.74, 6) is 0.290. The van der Waals surface area contributed by atoms with Gasteiger partial charge >= 0.3 is 0 Å². The number of carbonyl (C=O) groups excluding carboxylic acids is 1. The first-order valence-corrected chi connectivity index (χ1v) is 9.82. The van der Waals surface area contributed by atoms with Crippen LogP contribution in [-0.2, 0) is 10.0 Å². The molecule has 2 fully saturated rings. The van der Waals surface area contributed by atoms with Gasteiger partial charge in [0.15, 0.2) is 0 Å². The second kappa shape index (κ2) is 6.42. The summed E-state index contributed by atoms with van der Waals surface area (Å²) < 4.78 is 26.8. The molecule has 2 aliphatic rings. The van der Waals surface area contributed by atoms with E-state index in [9.17, 15) is 13.2 Å². The molecule has 1 aliphatic heterocycles. The number of hydrogen-bond acceptors (Lipinski definition) is 3. The molecular formula is C16H21ClN2O3S. The molecule has 1 aromatic rings. The molecular weight excluding hydrogens is 336 g/mol. The number of rotatable bonds is 5. The fourth-order valence-corrected chi connectivity index (χ4v) is 4.93. The standard InChI is InChI=1S/C16H21ClN2O3S/c1-11(12-4-5-12)18-16(20)13-6-7-14(17)15(10-13)23(21,22)19-8-2-3-9-19/h6-7,10-12H,2-5,8-9H2,1H3,(H,18,20)/t11-/m0/s1. The van der Waals surface area contributed by atoms with E-state index in [1.807, 2.05) is 6.92 Å². The highest BCUT2D eigenvalue weighted by molar-refractivity contribution is 7.89. The van der Waals surface area contributed by atoms with Crippen molar-refractivity contribution in [3.8, 4) is 0 Å². The van der Waals surface area contributed by atoms with Gasteiger partial charge in [0.1, 0.15) is 4.90 Å². The lowest BCUT2D eigenvalue weighted by Crippen LogP contribution is -2.34. The maximum Gasteiger partial charge on any atom is 0.251 e. The summed E-state index contributed by atoms with van der Waals surface area (Å²) in [6.45, 7) is 3.00. The van der Waals surface area contributed by atoms with Gasteiger partial charge in [-0.15, -0.1) is 0 Å². The van der Waals surface area contributed by atoms with Gasteiger partial charge in [-0.2, -0.15) is 4.31 Å². The maximum atomic E-state index is 12.7. The molecule has 1 aliphatic carbocycles. The van der Waals surface area contributed by atoms with Gasteiger partial charge < -0.3 is 5.32 Å². The maximum absolute atomic E-state index is 12.7. The summed E-state index contributed by atoms with van der Waals surface area (Å²) in [6.07, 6.45) is 3.99. The van der Waals surface area contributed by atoms with Crippen LogP contribution in [-0.4, -0.2) is 37.8 Å². The van der Waals surface area contributed by atoms with Gasteiger partial charge in [0.2, 0.25) is 10.0 Å². The molecule has 1 amide bonds. The summed E-state index contributed by atoms with van der Waals surface area (Å²) in [4.78, 5) is 12.4. The largest absolute Gasteiger partial charge is 0.349 e. The van der Waals surface area contributed by atoms with Gasteiger partial charge in [-0.3, -0.25) is 4.79 Å². The molecule has 1 heterocycles. The third-order valence-corrected chi connectivity index (χ3v) is 6.94. The zero-order chi connectivity index (χ0) is 16.6. The van der Waals surface area contributed by atoms with Crippen molar-refractivity contribution in [1.29, 1.82) is 0 Å². The molecule has 126 valence electrons. The first-order chi connectivity index (χ1) is 10.9. The van der Waals surface area contributed by atoms with Crippen LogP contribution in [0.5, 0.6) is 0 Å². The van der Waals surface area contributed by atoms with Gasteiger partial charge in [-0.05, 0) is 56.7 Å². The summed E-state index contributed by atoms with van der Waals surface area (Å²) in [6, 6.07) is 4.56. The van der Waals surface area contributed by atoms with Gasteiger partial charge in [-0.1, -0.05) is 11.6 Å². The summed E-state index contributed by atoms with van der Waals surface area (Å²) >= 11 is 6.09. The number of nitrogens with one attached hydrogen (secondary N) is 1. The molecule has 0 aromatic heterocycles. The van der Waals surface area contributed by atoms with Crippen molar-refractivity contribution < 1.29 is 13.2 Å². The van der Waals surface area contributed by atoms with Crippen LogP contribution in [0, 0.1) is 5.92 Å². The van der Waals surface area contributed by atoms with Crippen LogP contribution in [0.15, 0.2) is 23.1 Å². The Balaban J connectivity index is 1.85. The Labute approximate surface area is 142 Å². The zero-order valence-electron chi connectivity index (χ0n) is 13.1. The Kier molecular flexibility index (Phi) is 4.67. The molecule has 5 nitrogen and oxygen atoms in total. The lowest BCUT2D eigenvalue weighted by atomic mass is 10.1. The number of amides is 1. The van der Waals surface area contributed by atoms with E-state index < -0.39 is 10.0 Å². The number of halogens is 1. The minimum atomic E-state index is -3.64. The number of nitrogens with zero attached hydrogens (tertiary/aromatic N) is 1. The van der Waals surface area contributed by atoms with E-state index in [1.54, 1.807) is 6.07 Å². The van der Waals surface area contributed by atoms with Gasteiger partial charge in [0.05, 0.1) is 5.02 Å². The van der Waals surface area contributed by atoms with Crippen LogP contribution in [0.25, 0.3) is 0 Å². The van der Waals surface area contributed by atoms with Crippen molar-refractivity contribution in [3.63, 3.8) is 0 Å². The van der Waals surface area contributed by atoms with Gasteiger partial charge in [0, 0.05) is 24.7 Å². The zero-order valence-corrected chi connectivity index (χ0v) is 14.7. The highest BCUT2D eigenvalue weighted by Gasteiger charge is 2.31. The normalized spacial score (nSPS) is 20.4. The summed E-state index contributed by atoms with van der Waals surface area (Å²) in [5.41, 5.74) is 0.333. The van der Waals surface area contributed by atoms with Crippen molar-refractivity contribution in [1.82, 2.24) is 9.62 Å². The van der Waals surface area contributed by atoms with Crippen molar-refractivity contribution in [2.75, 3.05) is 13.1 Å². The third kappa shape index (κ3) is 3.54. The number of carbonyl (C=O) groups is 1. The summed E-state index contributed by atoms with van der Waals surface area (Å²) in [5, 5.41) is 3.09. The Hall–Kier alpha value is -1.11. The van der Waals surface area contributed by atoms with Crippen LogP contribution in [0.3, 0.4) is 0 Å². The predicted octanol–water partition coefficient (Wildman–Crippen LogP) is 2.65. The van der Waals surface area contributed by atoms with E-state index in [2.05, 4.69) is 5.32 Å². The molecule has 23 heavy (non-hydrogen) atoms. The Morgan fingerprint density at radius 1 is 1.30 bits per heavy atom. The second-order valence-electron chi connectivity index (χ2n) is 6.36. The molecule has 0 spiro atoms. The SMILES string of the molecule is C[C@H](NC(=O)c1ccc(Cl)c(S(=O)(=O)N2CCCC2)c1)C1CC1. The van der Waals surface area contributed by atoms with Gasteiger partial charge in [-0.25, -0.2) is 8.42 Å². The average molecular weight is 357 g/mol. The minimum absolute atomic E-state index is 0.0211. The quantitative estimate of drug-likeness (QED) is 0.882. The molecule has 1 N–H and O–H groups in total. The van der Waals surface area contributed by atoms with E-state index in [0.29, 0.717) is 24.6 Å². The number of hydrogen-bond donors (Lipinski definition) is 1. The van der Waals surface area contributed by atoms with Crippen LogP contribution in [0.2, 0.25) is 5.02 Å². The topological polar surface area (TPSA) is 66.5 Å². The van der Waals surface area contributed by atoms with Crippen molar-refractivity contribution in [2.24, 2.45) is 5.92 Å². The van der Waals surface area contributed by atoms with E-state index in [4.69, 9.17) is 11.6 Å². The van der Waals surface area contributed by atoms with Crippen LogP contribution >= 0.6 is 11.6 Å². The summed E-state index contributed by atoms with van der Waals surface area (Å²) in [7, 11) is -3.64. The fraction of sp³-hybridized carbons (Fsp3) is 0.562. The van der Waals surface area contributed by atoms with Crippen LogP contribution < -0.4 is 5.32 Å². The number of benzene rings is 1. The Bertz CT molecular complexity index is 710. The average Bonchev–Trinajstić information content (AvgIpc) is 3.21. The molecule has 1 saturated carbocycles. The predicted molar refractivity (Wildman–Crippen MR) is 89.1 cm³/mol. The van der Waals surface area contributed by atoms with E-state index in [-0.39, 0.29) is 21.9 Å². The molecule has 0 bridgehead atoms. The first-order valence-electron chi connectivity index (χ1n) is 8.00. The Morgan fingerprint density at radius 2 is 1.96 bits per heavy atom. The monoisotopic (exact) mass is 356 g/mol. The second-order valence-corrected chi connectivity index (χ2v) is 8.67. The highest BCUT2D eigenvalue weighted by Crippen LogP contribution is 2.32. The molecule has 7 heteroatoms. The lowest BCUT2D eigenvalue weighted by molar-refractivity contribution is 0.0935. The first kappa shape index (κ1) is 16.7. The van der Waals surface area contributed by atoms with Gasteiger partial charge in [0.25, 0.3) is 5.91 Å². The van der Waals surface area contributed by atoms with E-state index in [1.165, 1.54) is 16.4 Å². The molecule has 1 aromatic carbocycles. The molecule has 1 atom stereocenters. The fourth-order valence-electron chi connectivity index (χ4n) is 2.91. The number of sulfonamides is 1. The smallest absolute Gasteiger partial charge is 0.251 e. The lowest BCUT2D eigenvalue weighted by Gasteiger charge is -2.18. The van der Waals surface area contributed by atoms with E-state index in [0.717, 1.165) is 25.7 Å². The molecule has 0 radical (unpaired) electrons. The van der Waals surface area contributed by atoms with Crippen molar-refractivity contribution in [2.45, 2.75) is 43.5 Å².